The summed E-state index contributed by atoms with van der Waals surface area (Å²) in [5.74, 6) is -1.17. The van der Waals surface area contributed by atoms with Gasteiger partial charge in [0.05, 0.1) is 11.4 Å². The van der Waals surface area contributed by atoms with Crippen LogP contribution in [-0.4, -0.2) is 18.4 Å². The largest absolute Gasteiger partial charge is 0.429 e. The molecule has 0 aliphatic heterocycles. The first kappa shape index (κ1) is 12.7. The molecule has 0 amide bonds. The van der Waals surface area contributed by atoms with Crippen LogP contribution < -0.4 is 5.32 Å². The molecule has 0 spiro atoms. The lowest BCUT2D eigenvalue weighted by Gasteiger charge is -2.10. The van der Waals surface area contributed by atoms with Gasteiger partial charge in [0.2, 0.25) is 5.82 Å². The molecule has 0 saturated heterocycles. The third-order valence-corrected chi connectivity index (χ3v) is 2.78. The Morgan fingerprint density at radius 1 is 1.44 bits per heavy atom. The van der Waals surface area contributed by atoms with Gasteiger partial charge in [0.25, 0.3) is 0 Å². The summed E-state index contributed by atoms with van der Waals surface area (Å²) >= 11 is 0. The van der Waals surface area contributed by atoms with Crippen LogP contribution in [0.4, 0.5) is 8.78 Å². The van der Waals surface area contributed by atoms with Crippen molar-refractivity contribution >= 4 is 16.8 Å². The molecular weight excluding hydrogens is 240 g/mol. The first-order valence-corrected chi connectivity index (χ1v) is 5.69. The van der Waals surface area contributed by atoms with Crippen LogP contribution in [0.2, 0.25) is 0 Å². The summed E-state index contributed by atoms with van der Waals surface area (Å²) in [6, 6.07) is 2.57. The van der Waals surface area contributed by atoms with Crippen LogP contribution in [0.25, 0.3) is 11.0 Å². The normalized spacial score (nSPS) is 12.9. The summed E-state index contributed by atoms with van der Waals surface area (Å²) in [7, 11) is 0. The molecule has 2 aromatic rings. The van der Waals surface area contributed by atoms with Crippen molar-refractivity contribution in [1.29, 1.82) is 0 Å². The fraction of sp³-hybridized carbons (Fsp3) is 0.308. The predicted molar refractivity (Wildman–Crippen MR) is 63.6 cm³/mol. The lowest BCUT2D eigenvalue weighted by molar-refractivity contribution is 0.0952. The number of hydrogen-bond acceptors (Lipinski definition) is 3. The van der Waals surface area contributed by atoms with Gasteiger partial charge < -0.3 is 9.73 Å². The molecule has 0 aliphatic carbocycles. The molecule has 1 aromatic carbocycles. The maximum Gasteiger partial charge on any atom is 0.315 e. The third kappa shape index (κ3) is 2.13. The highest BCUT2D eigenvalue weighted by Crippen LogP contribution is 2.24. The number of rotatable bonds is 4. The SMILES string of the molecule is CCN[C@@H](C)C(=O)c1ccc2c(F)c(F)oc2c1. The van der Waals surface area contributed by atoms with E-state index in [-0.39, 0.29) is 22.8 Å². The average molecular weight is 253 g/mol. The highest BCUT2D eigenvalue weighted by molar-refractivity contribution is 6.02. The molecule has 0 aliphatic rings. The van der Waals surface area contributed by atoms with E-state index < -0.39 is 11.8 Å². The first-order valence-electron chi connectivity index (χ1n) is 5.69. The monoisotopic (exact) mass is 253 g/mol. The first-order chi connectivity index (χ1) is 8.54. The van der Waals surface area contributed by atoms with Gasteiger partial charge in [-0.2, -0.15) is 8.78 Å². The van der Waals surface area contributed by atoms with Crippen LogP contribution in [0.1, 0.15) is 24.2 Å². The fourth-order valence-corrected chi connectivity index (χ4v) is 1.84. The predicted octanol–water partition coefficient (Wildman–Crippen LogP) is 2.89. The van der Waals surface area contributed by atoms with Crippen molar-refractivity contribution in [2.24, 2.45) is 0 Å². The lowest BCUT2D eigenvalue weighted by atomic mass is 10.0. The zero-order valence-electron chi connectivity index (χ0n) is 10.1. The van der Waals surface area contributed by atoms with E-state index in [2.05, 4.69) is 9.73 Å². The van der Waals surface area contributed by atoms with Gasteiger partial charge in [-0.05, 0) is 25.6 Å². The van der Waals surface area contributed by atoms with Crippen molar-refractivity contribution in [3.8, 4) is 0 Å². The van der Waals surface area contributed by atoms with Gasteiger partial charge in [0, 0.05) is 5.56 Å². The number of furan rings is 1. The number of Topliss-reactive ketones (excluding diaryl/α,β-unsaturated/α-hetero) is 1. The van der Waals surface area contributed by atoms with Crippen molar-refractivity contribution < 1.29 is 18.0 Å². The van der Waals surface area contributed by atoms with E-state index in [0.29, 0.717) is 12.1 Å². The van der Waals surface area contributed by atoms with Gasteiger partial charge in [-0.3, -0.25) is 4.79 Å². The smallest absolute Gasteiger partial charge is 0.315 e. The maximum atomic E-state index is 13.2. The highest BCUT2D eigenvalue weighted by Gasteiger charge is 2.18. The zero-order chi connectivity index (χ0) is 13.3. The third-order valence-electron chi connectivity index (χ3n) is 2.78. The number of nitrogens with one attached hydrogen (secondary N) is 1. The second-order valence-corrected chi connectivity index (χ2v) is 4.04. The molecule has 0 saturated carbocycles. The van der Waals surface area contributed by atoms with E-state index >= 15 is 0 Å². The minimum Gasteiger partial charge on any atom is -0.429 e. The average Bonchev–Trinajstić information content (AvgIpc) is 2.64. The van der Waals surface area contributed by atoms with E-state index in [9.17, 15) is 13.6 Å². The number of fused-ring (bicyclic) bond motifs is 1. The summed E-state index contributed by atoms with van der Waals surface area (Å²) in [5, 5.41) is 3.02. The number of carbonyl (C=O) groups is 1. The number of halogens is 2. The van der Waals surface area contributed by atoms with Crippen molar-refractivity contribution in [1.82, 2.24) is 5.32 Å². The van der Waals surface area contributed by atoms with Crippen LogP contribution in [0.3, 0.4) is 0 Å². The highest BCUT2D eigenvalue weighted by atomic mass is 19.2. The molecule has 2 rings (SSSR count). The summed E-state index contributed by atoms with van der Waals surface area (Å²) in [4.78, 5) is 12.0. The Morgan fingerprint density at radius 3 is 2.83 bits per heavy atom. The Morgan fingerprint density at radius 2 is 2.17 bits per heavy atom. The summed E-state index contributed by atoms with van der Waals surface area (Å²) in [6.45, 7) is 4.29. The van der Waals surface area contributed by atoms with Gasteiger partial charge in [-0.1, -0.05) is 13.0 Å². The van der Waals surface area contributed by atoms with Crippen molar-refractivity contribution in [2.45, 2.75) is 19.9 Å². The summed E-state index contributed by atoms with van der Waals surface area (Å²) in [6.07, 6.45) is 0. The van der Waals surface area contributed by atoms with Gasteiger partial charge >= 0.3 is 6.01 Å². The molecule has 0 bridgehead atoms. The minimum atomic E-state index is -1.26. The van der Waals surface area contributed by atoms with Crippen LogP contribution in [0.5, 0.6) is 0 Å². The lowest BCUT2D eigenvalue weighted by Crippen LogP contribution is -2.33. The standard InChI is InChI=1S/C13H13F2NO2/c1-3-16-7(2)12(17)8-4-5-9-10(6-8)18-13(15)11(9)14/h4-7,16H,3H2,1-2H3/t7-/m0/s1. The van der Waals surface area contributed by atoms with Crippen molar-refractivity contribution in [3.63, 3.8) is 0 Å². The molecule has 3 nitrogen and oxygen atoms in total. The topological polar surface area (TPSA) is 42.2 Å². The molecule has 0 unspecified atom stereocenters. The van der Waals surface area contributed by atoms with Crippen LogP contribution in [0.15, 0.2) is 22.6 Å². The van der Waals surface area contributed by atoms with E-state index in [1.54, 1.807) is 6.92 Å². The van der Waals surface area contributed by atoms with Crippen LogP contribution in [-0.2, 0) is 0 Å². The Kier molecular flexibility index (Phi) is 3.43. The van der Waals surface area contributed by atoms with Gasteiger partial charge in [-0.25, -0.2) is 0 Å². The van der Waals surface area contributed by atoms with E-state index in [1.807, 2.05) is 6.92 Å². The molecule has 96 valence electrons. The van der Waals surface area contributed by atoms with Crippen LogP contribution in [0, 0.1) is 11.8 Å². The second-order valence-electron chi connectivity index (χ2n) is 4.04. The fourth-order valence-electron chi connectivity index (χ4n) is 1.84. The van der Waals surface area contributed by atoms with Gasteiger partial charge in [0.1, 0.15) is 5.58 Å². The number of carbonyl (C=O) groups excluding carboxylic acids is 1. The molecule has 1 heterocycles. The number of likely N-dealkylation sites (N-methyl/N-ethyl adjacent to an activating group) is 1. The quantitative estimate of drug-likeness (QED) is 0.852. The van der Waals surface area contributed by atoms with E-state index in [1.165, 1.54) is 18.2 Å². The molecular formula is C13H13F2NO2. The van der Waals surface area contributed by atoms with Crippen molar-refractivity contribution in [2.75, 3.05) is 6.54 Å². The molecule has 1 N–H and O–H groups in total. The molecule has 0 radical (unpaired) electrons. The summed E-state index contributed by atoms with van der Waals surface area (Å²) < 4.78 is 30.7. The Hall–Kier alpha value is -1.75. The molecule has 1 aromatic heterocycles. The Balaban J connectivity index is 2.38. The zero-order valence-corrected chi connectivity index (χ0v) is 10.1. The number of ketones is 1. The Labute approximate surface area is 103 Å². The van der Waals surface area contributed by atoms with Gasteiger partial charge in [0.15, 0.2) is 5.78 Å². The second kappa shape index (κ2) is 4.86. The molecule has 18 heavy (non-hydrogen) atoms. The number of hydrogen-bond donors (Lipinski definition) is 1. The van der Waals surface area contributed by atoms with E-state index in [4.69, 9.17) is 0 Å². The Bertz CT molecular complexity index is 592. The molecule has 0 fully saturated rings. The maximum absolute atomic E-state index is 13.2. The van der Waals surface area contributed by atoms with E-state index in [0.717, 1.165) is 0 Å². The van der Waals surface area contributed by atoms with Crippen LogP contribution >= 0.6 is 0 Å². The molecule has 5 heteroatoms. The summed E-state index contributed by atoms with van der Waals surface area (Å²) in [5.41, 5.74) is 0.407. The number of benzene rings is 1. The van der Waals surface area contributed by atoms with Gasteiger partial charge in [-0.15, -0.1) is 0 Å². The molecule has 1 atom stereocenters. The van der Waals surface area contributed by atoms with Crippen molar-refractivity contribution in [3.05, 3.63) is 35.6 Å². The minimum absolute atomic E-state index is 0.0412.